The Kier molecular flexibility index (Phi) is 7.36. The summed E-state index contributed by atoms with van der Waals surface area (Å²) in [5, 5.41) is 5.03. The Morgan fingerprint density at radius 3 is 2.43 bits per heavy atom. The van der Waals surface area contributed by atoms with Crippen LogP contribution in [0.4, 0.5) is 0 Å². The van der Waals surface area contributed by atoms with E-state index in [-0.39, 0.29) is 5.91 Å². The van der Waals surface area contributed by atoms with Gasteiger partial charge in [0.2, 0.25) is 0 Å². The number of hydrogen-bond acceptors (Lipinski definition) is 3. The summed E-state index contributed by atoms with van der Waals surface area (Å²) in [7, 11) is 0. The summed E-state index contributed by atoms with van der Waals surface area (Å²) in [4.78, 5) is 18.1. The first-order valence-electron chi connectivity index (χ1n) is 9.00. The highest BCUT2D eigenvalue weighted by Crippen LogP contribution is 2.40. The first kappa shape index (κ1) is 21.1. The molecule has 7 heteroatoms. The minimum atomic E-state index is -0.173. The number of carbonyl (C=O) groups excluding carboxylic acids is 1. The van der Waals surface area contributed by atoms with Crippen LogP contribution in [0.15, 0.2) is 42.5 Å². The zero-order valence-electron chi connectivity index (χ0n) is 15.3. The van der Waals surface area contributed by atoms with E-state index in [1.807, 2.05) is 30.3 Å². The van der Waals surface area contributed by atoms with Gasteiger partial charge in [-0.15, -0.1) is 11.3 Å². The van der Waals surface area contributed by atoms with Crippen molar-refractivity contribution in [2.75, 3.05) is 6.54 Å². The van der Waals surface area contributed by atoms with Crippen LogP contribution in [0.2, 0.25) is 15.1 Å². The Balaban J connectivity index is 2.00. The van der Waals surface area contributed by atoms with Gasteiger partial charge >= 0.3 is 0 Å². The summed E-state index contributed by atoms with van der Waals surface area (Å²) in [6, 6.07) is 12.7. The van der Waals surface area contributed by atoms with Crippen LogP contribution in [0.5, 0.6) is 0 Å². The fourth-order valence-electron chi connectivity index (χ4n) is 2.73. The molecule has 2 aromatic carbocycles. The molecule has 3 aromatic rings. The standard InChI is InChI=1S/C21H19Cl3N2OS/c1-2-3-4-11-25-20(27)21-26-18(16-10-9-15(23)12-17(16)24)19(28-21)13-5-7-14(22)8-6-13/h5-10,12H,2-4,11H2,1H3,(H,25,27). The molecule has 0 bridgehead atoms. The molecule has 0 saturated carbocycles. The van der Waals surface area contributed by atoms with Gasteiger partial charge in [0.1, 0.15) is 0 Å². The zero-order valence-corrected chi connectivity index (χ0v) is 18.4. The van der Waals surface area contributed by atoms with Gasteiger partial charge in [-0.25, -0.2) is 4.98 Å². The molecular formula is C21H19Cl3N2OS. The number of benzene rings is 2. The third-order valence-corrected chi connectivity index (χ3v) is 6.08. The second-order valence-corrected chi connectivity index (χ2v) is 8.57. The van der Waals surface area contributed by atoms with Crippen LogP contribution in [0.3, 0.4) is 0 Å². The Morgan fingerprint density at radius 1 is 1.04 bits per heavy atom. The lowest BCUT2D eigenvalue weighted by Crippen LogP contribution is -2.24. The highest BCUT2D eigenvalue weighted by atomic mass is 35.5. The van der Waals surface area contributed by atoms with Crippen molar-refractivity contribution in [3.63, 3.8) is 0 Å². The highest BCUT2D eigenvalue weighted by molar-refractivity contribution is 7.17. The first-order valence-corrected chi connectivity index (χ1v) is 10.9. The molecule has 0 radical (unpaired) electrons. The summed E-state index contributed by atoms with van der Waals surface area (Å²) in [5.74, 6) is -0.173. The van der Waals surface area contributed by atoms with Crippen LogP contribution in [0.25, 0.3) is 21.7 Å². The van der Waals surface area contributed by atoms with Gasteiger partial charge in [0.15, 0.2) is 5.01 Å². The summed E-state index contributed by atoms with van der Waals surface area (Å²) in [5.41, 5.74) is 2.32. The quantitative estimate of drug-likeness (QED) is 0.380. The first-order chi connectivity index (χ1) is 13.5. The van der Waals surface area contributed by atoms with Gasteiger partial charge in [0.25, 0.3) is 5.91 Å². The number of rotatable bonds is 7. The summed E-state index contributed by atoms with van der Waals surface area (Å²) >= 11 is 19.8. The molecule has 28 heavy (non-hydrogen) atoms. The number of amides is 1. The second-order valence-electron chi connectivity index (χ2n) is 6.29. The van der Waals surface area contributed by atoms with Gasteiger partial charge in [-0.3, -0.25) is 4.79 Å². The van der Waals surface area contributed by atoms with E-state index in [9.17, 15) is 4.79 Å². The van der Waals surface area contributed by atoms with Crippen LogP contribution in [-0.2, 0) is 0 Å². The molecule has 0 saturated heterocycles. The minimum Gasteiger partial charge on any atom is -0.350 e. The van der Waals surface area contributed by atoms with E-state index in [0.29, 0.717) is 32.3 Å². The highest BCUT2D eigenvalue weighted by Gasteiger charge is 2.20. The average molecular weight is 454 g/mol. The van der Waals surface area contributed by atoms with Crippen LogP contribution < -0.4 is 5.32 Å². The van der Waals surface area contributed by atoms with Crippen LogP contribution in [0.1, 0.15) is 36.0 Å². The molecule has 0 spiro atoms. The molecule has 0 atom stereocenters. The zero-order chi connectivity index (χ0) is 20.1. The average Bonchev–Trinajstić information content (AvgIpc) is 3.11. The molecule has 1 heterocycles. The van der Waals surface area contributed by atoms with E-state index < -0.39 is 0 Å². The summed E-state index contributed by atoms with van der Waals surface area (Å²) < 4.78 is 0. The van der Waals surface area contributed by atoms with Crippen molar-refractivity contribution < 1.29 is 4.79 Å². The van der Waals surface area contributed by atoms with Crippen LogP contribution >= 0.6 is 46.1 Å². The lowest BCUT2D eigenvalue weighted by atomic mass is 10.1. The van der Waals surface area contributed by atoms with Gasteiger partial charge in [-0.1, -0.05) is 66.7 Å². The fourth-order valence-corrected chi connectivity index (χ4v) is 4.36. The van der Waals surface area contributed by atoms with E-state index in [4.69, 9.17) is 34.8 Å². The normalized spacial score (nSPS) is 10.9. The number of aromatic nitrogens is 1. The molecule has 0 aliphatic heterocycles. The second kappa shape index (κ2) is 9.75. The van der Waals surface area contributed by atoms with Gasteiger partial charge in [-0.2, -0.15) is 0 Å². The van der Waals surface area contributed by atoms with E-state index >= 15 is 0 Å². The van der Waals surface area contributed by atoms with Crippen LogP contribution in [-0.4, -0.2) is 17.4 Å². The SMILES string of the molecule is CCCCCNC(=O)c1nc(-c2ccc(Cl)cc2Cl)c(-c2ccc(Cl)cc2)s1. The summed E-state index contributed by atoms with van der Waals surface area (Å²) in [6.45, 7) is 2.77. The lowest BCUT2D eigenvalue weighted by molar-refractivity contribution is 0.0952. The predicted octanol–water partition coefficient (Wildman–Crippen LogP) is 7.36. The lowest BCUT2D eigenvalue weighted by Gasteiger charge is -2.05. The van der Waals surface area contributed by atoms with Crippen molar-refractivity contribution >= 4 is 52.0 Å². The van der Waals surface area contributed by atoms with Crippen molar-refractivity contribution in [1.29, 1.82) is 0 Å². The Bertz CT molecular complexity index is 970. The Labute approximate surface area is 183 Å². The predicted molar refractivity (Wildman–Crippen MR) is 120 cm³/mol. The number of thiazole rings is 1. The molecule has 0 aliphatic carbocycles. The molecule has 0 aliphatic rings. The largest absolute Gasteiger partial charge is 0.350 e. The maximum atomic E-state index is 12.6. The van der Waals surface area contributed by atoms with Gasteiger partial charge in [0, 0.05) is 22.2 Å². The fraction of sp³-hybridized carbons (Fsp3) is 0.238. The van der Waals surface area contributed by atoms with E-state index in [1.165, 1.54) is 11.3 Å². The van der Waals surface area contributed by atoms with Gasteiger partial charge in [0.05, 0.1) is 15.6 Å². The van der Waals surface area contributed by atoms with Crippen molar-refractivity contribution in [3.8, 4) is 21.7 Å². The van der Waals surface area contributed by atoms with Crippen molar-refractivity contribution in [2.24, 2.45) is 0 Å². The molecule has 1 aromatic heterocycles. The molecule has 0 fully saturated rings. The maximum absolute atomic E-state index is 12.6. The van der Waals surface area contributed by atoms with E-state index in [2.05, 4.69) is 17.2 Å². The molecule has 3 rings (SSSR count). The number of nitrogens with zero attached hydrogens (tertiary/aromatic N) is 1. The van der Waals surface area contributed by atoms with Gasteiger partial charge < -0.3 is 5.32 Å². The topological polar surface area (TPSA) is 42.0 Å². The molecule has 1 N–H and O–H groups in total. The molecular weight excluding hydrogens is 435 g/mol. The van der Waals surface area contributed by atoms with E-state index in [1.54, 1.807) is 12.1 Å². The Hall–Kier alpha value is -1.59. The third-order valence-electron chi connectivity index (χ3n) is 4.18. The Morgan fingerprint density at radius 2 is 1.75 bits per heavy atom. The van der Waals surface area contributed by atoms with Crippen LogP contribution in [0, 0.1) is 0 Å². The molecule has 3 nitrogen and oxygen atoms in total. The number of nitrogens with one attached hydrogen (secondary N) is 1. The molecule has 0 unspecified atom stereocenters. The minimum absolute atomic E-state index is 0.173. The number of hydrogen-bond donors (Lipinski definition) is 1. The molecule has 146 valence electrons. The third kappa shape index (κ3) is 5.06. The van der Waals surface area contributed by atoms with Crippen molar-refractivity contribution in [2.45, 2.75) is 26.2 Å². The number of halogens is 3. The molecule has 1 amide bonds. The smallest absolute Gasteiger partial charge is 0.280 e. The maximum Gasteiger partial charge on any atom is 0.280 e. The van der Waals surface area contributed by atoms with Crippen molar-refractivity contribution in [3.05, 3.63) is 62.5 Å². The summed E-state index contributed by atoms with van der Waals surface area (Å²) in [6.07, 6.45) is 3.14. The van der Waals surface area contributed by atoms with E-state index in [0.717, 1.165) is 35.3 Å². The van der Waals surface area contributed by atoms with Gasteiger partial charge in [-0.05, 0) is 42.3 Å². The number of carbonyl (C=O) groups is 1. The van der Waals surface area contributed by atoms with Crippen molar-refractivity contribution in [1.82, 2.24) is 10.3 Å². The monoisotopic (exact) mass is 452 g/mol. The number of unbranched alkanes of at least 4 members (excludes halogenated alkanes) is 2.